The third-order valence-electron chi connectivity index (χ3n) is 1.87. The summed E-state index contributed by atoms with van der Waals surface area (Å²) < 4.78 is 10.6. The molecule has 1 heterocycles. The Kier molecular flexibility index (Phi) is 4.35. The van der Waals surface area contributed by atoms with Crippen LogP contribution in [-0.2, 0) is 4.74 Å². The number of hydrogen-bond donors (Lipinski definition) is 1. The average Bonchev–Trinajstić information content (AvgIpc) is 2.20. The Labute approximate surface area is 84.0 Å². The monoisotopic (exact) mass is 196 g/mol. The van der Waals surface area contributed by atoms with Crippen molar-refractivity contribution in [1.82, 2.24) is 4.98 Å². The van der Waals surface area contributed by atoms with Crippen LogP contribution in [0.15, 0.2) is 18.3 Å². The molecule has 0 aliphatic heterocycles. The van der Waals surface area contributed by atoms with Crippen LogP contribution in [0.4, 0.5) is 0 Å². The molecule has 1 atom stereocenters. The molecule has 1 rings (SSSR count). The molecule has 0 aromatic carbocycles. The Hall–Kier alpha value is -1.13. The fourth-order valence-corrected chi connectivity index (χ4v) is 1.11. The lowest BCUT2D eigenvalue weighted by atomic mass is 10.3. The lowest BCUT2D eigenvalue weighted by Gasteiger charge is -2.17. The van der Waals surface area contributed by atoms with E-state index in [1.165, 1.54) is 0 Å². The van der Waals surface area contributed by atoms with Gasteiger partial charge in [-0.3, -0.25) is 4.98 Å². The molecule has 14 heavy (non-hydrogen) atoms. The normalized spacial score (nSPS) is 12.5. The van der Waals surface area contributed by atoms with Gasteiger partial charge in [-0.15, -0.1) is 0 Å². The maximum absolute atomic E-state index is 5.62. The van der Waals surface area contributed by atoms with Crippen LogP contribution in [0.3, 0.4) is 0 Å². The van der Waals surface area contributed by atoms with E-state index in [0.717, 1.165) is 11.4 Å². The molecule has 0 fully saturated rings. The number of methoxy groups -OCH3 is 1. The van der Waals surface area contributed by atoms with E-state index < -0.39 is 0 Å². The van der Waals surface area contributed by atoms with E-state index in [4.69, 9.17) is 15.2 Å². The van der Waals surface area contributed by atoms with Gasteiger partial charge in [0.05, 0.1) is 12.3 Å². The van der Waals surface area contributed by atoms with Gasteiger partial charge in [-0.25, -0.2) is 0 Å². The topological polar surface area (TPSA) is 57.4 Å². The lowest BCUT2D eigenvalue weighted by Crippen LogP contribution is -2.31. The number of hydrogen-bond acceptors (Lipinski definition) is 4. The molecule has 1 aromatic rings. The van der Waals surface area contributed by atoms with Crippen molar-refractivity contribution in [3.63, 3.8) is 0 Å². The maximum Gasteiger partial charge on any atom is 0.141 e. The number of nitrogens with two attached hydrogens (primary N) is 1. The summed E-state index contributed by atoms with van der Waals surface area (Å²) in [5, 5.41) is 0. The second-order valence-electron chi connectivity index (χ2n) is 3.02. The summed E-state index contributed by atoms with van der Waals surface area (Å²) in [6.45, 7) is 2.82. The van der Waals surface area contributed by atoms with Crippen molar-refractivity contribution < 1.29 is 9.47 Å². The van der Waals surface area contributed by atoms with Crippen molar-refractivity contribution in [3.05, 3.63) is 24.0 Å². The Balaban J connectivity index is 2.62. The zero-order valence-corrected chi connectivity index (χ0v) is 8.56. The molecule has 0 radical (unpaired) electrons. The molecule has 0 aliphatic carbocycles. The van der Waals surface area contributed by atoms with Crippen LogP contribution in [0.5, 0.6) is 5.75 Å². The van der Waals surface area contributed by atoms with E-state index in [9.17, 15) is 0 Å². The number of nitrogens with zero attached hydrogens (tertiary/aromatic N) is 1. The summed E-state index contributed by atoms with van der Waals surface area (Å²) in [7, 11) is 1.63. The molecule has 0 spiro atoms. The molecule has 0 saturated heterocycles. The molecule has 0 bridgehead atoms. The third kappa shape index (κ3) is 2.97. The fourth-order valence-electron chi connectivity index (χ4n) is 1.11. The predicted octanol–water partition coefficient (Wildman–Crippen LogP) is 0.743. The Bertz CT molecular complexity index is 279. The van der Waals surface area contributed by atoms with E-state index >= 15 is 0 Å². The van der Waals surface area contributed by atoms with Gasteiger partial charge < -0.3 is 15.2 Å². The molecule has 4 heteroatoms. The van der Waals surface area contributed by atoms with Crippen molar-refractivity contribution in [2.24, 2.45) is 5.73 Å². The molecule has 2 N–H and O–H groups in total. The third-order valence-corrected chi connectivity index (χ3v) is 1.87. The van der Waals surface area contributed by atoms with Gasteiger partial charge in [-0.05, 0) is 19.1 Å². The molecule has 0 amide bonds. The largest absolute Gasteiger partial charge is 0.485 e. The van der Waals surface area contributed by atoms with Crippen molar-refractivity contribution in [2.75, 3.05) is 20.3 Å². The highest BCUT2D eigenvalue weighted by molar-refractivity contribution is 5.25. The van der Waals surface area contributed by atoms with Crippen LogP contribution in [0.1, 0.15) is 5.69 Å². The summed E-state index contributed by atoms with van der Waals surface area (Å²) in [6.07, 6.45) is 1.62. The first-order valence-corrected chi connectivity index (χ1v) is 4.55. The van der Waals surface area contributed by atoms with E-state index in [-0.39, 0.29) is 6.10 Å². The minimum Gasteiger partial charge on any atom is -0.485 e. The van der Waals surface area contributed by atoms with Crippen LogP contribution in [0.2, 0.25) is 0 Å². The molecular weight excluding hydrogens is 180 g/mol. The number of ether oxygens (including phenoxy) is 2. The summed E-state index contributed by atoms with van der Waals surface area (Å²) in [4.78, 5) is 4.12. The molecule has 0 aliphatic rings. The summed E-state index contributed by atoms with van der Waals surface area (Å²) in [6, 6.07) is 3.71. The number of pyridine rings is 1. The van der Waals surface area contributed by atoms with Crippen molar-refractivity contribution in [3.8, 4) is 5.75 Å². The van der Waals surface area contributed by atoms with Gasteiger partial charge in [0.15, 0.2) is 0 Å². The Morgan fingerprint density at radius 1 is 1.57 bits per heavy atom. The van der Waals surface area contributed by atoms with E-state index in [1.54, 1.807) is 13.3 Å². The van der Waals surface area contributed by atoms with Crippen molar-refractivity contribution in [1.29, 1.82) is 0 Å². The zero-order chi connectivity index (χ0) is 10.4. The minimum atomic E-state index is -0.108. The molecule has 78 valence electrons. The van der Waals surface area contributed by atoms with Crippen LogP contribution in [0.25, 0.3) is 0 Å². The molecular formula is C10H16N2O2. The lowest BCUT2D eigenvalue weighted by molar-refractivity contribution is 0.0853. The van der Waals surface area contributed by atoms with Gasteiger partial charge in [0.25, 0.3) is 0 Å². The van der Waals surface area contributed by atoms with Crippen molar-refractivity contribution in [2.45, 2.75) is 13.0 Å². The maximum atomic E-state index is 5.62. The first-order valence-electron chi connectivity index (χ1n) is 4.55. The van der Waals surface area contributed by atoms with Gasteiger partial charge in [-0.1, -0.05) is 0 Å². The second kappa shape index (κ2) is 5.57. The van der Waals surface area contributed by atoms with Crippen LogP contribution in [0, 0.1) is 6.92 Å². The highest BCUT2D eigenvalue weighted by atomic mass is 16.5. The standard InChI is InChI=1S/C10H16N2O2/c1-8-10(4-3-5-12-8)14-9(6-11)7-13-2/h3-5,9H,6-7,11H2,1-2H3. The minimum absolute atomic E-state index is 0.108. The number of rotatable bonds is 5. The first kappa shape index (κ1) is 10.9. The highest BCUT2D eigenvalue weighted by Gasteiger charge is 2.09. The quantitative estimate of drug-likeness (QED) is 0.754. The Morgan fingerprint density at radius 3 is 2.93 bits per heavy atom. The molecule has 1 unspecified atom stereocenters. The second-order valence-corrected chi connectivity index (χ2v) is 3.02. The molecule has 4 nitrogen and oxygen atoms in total. The van der Waals surface area contributed by atoms with Crippen molar-refractivity contribution >= 4 is 0 Å². The van der Waals surface area contributed by atoms with Gasteiger partial charge in [0, 0.05) is 19.9 Å². The Morgan fingerprint density at radius 2 is 2.36 bits per heavy atom. The van der Waals surface area contributed by atoms with Gasteiger partial charge in [0.2, 0.25) is 0 Å². The van der Waals surface area contributed by atoms with E-state index in [1.807, 2.05) is 19.1 Å². The van der Waals surface area contributed by atoms with E-state index in [0.29, 0.717) is 13.2 Å². The van der Waals surface area contributed by atoms with Gasteiger partial charge >= 0.3 is 0 Å². The van der Waals surface area contributed by atoms with Crippen LogP contribution < -0.4 is 10.5 Å². The summed E-state index contributed by atoms with van der Waals surface area (Å²) in [5.74, 6) is 0.764. The van der Waals surface area contributed by atoms with Crippen LogP contribution in [-0.4, -0.2) is 31.3 Å². The van der Waals surface area contributed by atoms with Gasteiger partial charge in [-0.2, -0.15) is 0 Å². The smallest absolute Gasteiger partial charge is 0.141 e. The summed E-state index contributed by atoms with van der Waals surface area (Å²) >= 11 is 0. The SMILES string of the molecule is COCC(CN)Oc1cccnc1C. The summed E-state index contributed by atoms with van der Waals surface area (Å²) in [5.41, 5.74) is 6.39. The predicted molar refractivity (Wildman–Crippen MR) is 54.3 cm³/mol. The number of aromatic nitrogens is 1. The molecule has 1 aromatic heterocycles. The highest BCUT2D eigenvalue weighted by Crippen LogP contribution is 2.15. The van der Waals surface area contributed by atoms with Gasteiger partial charge in [0.1, 0.15) is 11.9 Å². The fraction of sp³-hybridized carbons (Fsp3) is 0.500. The average molecular weight is 196 g/mol. The first-order chi connectivity index (χ1) is 6.77. The van der Waals surface area contributed by atoms with Crippen LogP contribution >= 0.6 is 0 Å². The zero-order valence-electron chi connectivity index (χ0n) is 8.56. The van der Waals surface area contributed by atoms with E-state index in [2.05, 4.69) is 4.98 Å². The molecule has 0 saturated carbocycles. The number of aryl methyl sites for hydroxylation is 1.